The highest BCUT2D eigenvalue weighted by atomic mass is 35.5. The van der Waals surface area contributed by atoms with Gasteiger partial charge in [-0.15, -0.1) is 0 Å². The highest BCUT2D eigenvalue weighted by Crippen LogP contribution is 2.31. The standard InChI is InChI=1S/C10H7ClF5NO/c11-7-2-5(9(18)17-4-8(12)13)1-6(3-7)10(14,15)16/h1-3,8H,4H2,(H,17,18). The number of carbonyl (C=O) groups excluding carboxylic acids is 1. The third-order valence-corrected chi connectivity index (χ3v) is 2.12. The third-order valence-electron chi connectivity index (χ3n) is 1.90. The average Bonchev–Trinajstić information content (AvgIpc) is 2.23. The molecule has 0 heterocycles. The first-order valence-corrected chi connectivity index (χ1v) is 5.02. The quantitative estimate of drug-likeness (QED) is 0.849. The topological polar surface area (TPSA) is 29.1 Å². The van der Waals surface area contributed by atoms with E-state index in [0.29, 0.717) is 12.1 Å². The van der Waals surface area contributed by atoms with Crippen molar-refractivity contribution in [2.75, 3.05) is 6.54 Å². The second-order valence-corrected chi connectivity index (χ2v) is 3.76. The van der Waals surface area contributed by atoms with Crippen molar-refractivity contribution in [1.82, 2.24) is 5.32 Å². The summed E-state index contributed by atoms with van der Waals surface area (Å²) in [5.41, 5.74) is -1.53. The molecule has 0 unspecified atom stereocenters. The molecule has 1 aromatic carbocycles. The predicted octanol–water partition coefficient (Wildman–Crippen LogP) is 3.35. The van der Waals surface area contributed by atoms with E-state index in [4.69, 9.17) is 11.6 Å². The molecule has 0 atom stereocenters. The summed E-state index contributed by atoms with van der Waals surface area (Å²) in [6.45, 7) is -0.938. The number of carbonyl (C=O) groups is 1. The first-order valence-electron chi connectivity index (χ1n) is 4.64. The molecule has 0 fully saturated rings. The molecule has 8 heteroatoms. The number of rotatable bonds is 3. The molecule has 1 N–H and O–H groups in total. The Morgan fingerprint density at radius 3 is 2.39 bits per heavy atom. The Morgan fingerprint density at radius 2 is 1.89 bits per heavy atom. The van der Waals surface area contributed by atoms with Gasteiger partial charge in [0.05, 0.1) is 12.1 Å². The van der Waals surface area contributed by atoms with Crippen molar-refractivity contribution in [2.24, 2.45) is 0 Å². The fourth-order valence-corrected chi connectivity index (χ4v) is 1.39. The van der Waals surface area contributed by atoms with Gasteiger partial charge in [-0.25, -0.2) is 8.78 Å². The van der Waals surface area contributed by atoms with Crippen LogP contribution in [0.5, 0.6) is 0 Å². The first-order chi connectivity index (χ1) is 8.20. The largest absolute Gasteiger partial charge is 0.416 e. The maximum absolute atomic E-state index is 12.4. The molecule has 1 rings (SSSR count). The van der Waals surface area contributed by atoms with Crippen molar-refractivity contribution in [2.45, 2.75) is 12.6 Å². The lowest BCUT2D eigenvalue weighted by molar-refractivity contribution is -0.137. The van der Waals surface area contributed by atoms with Crippen LogP contribution in [0.25, 0.3) is 0 Å². The van der Waals surface area contributed by atoms with Gasteiger partial charge in [0.25, 0.3) is 12.3 Å². The van der Waals surface area contributed by atoms with Crippen molar-refractivity contribution in [3.8, 4) is 0 Å². The van der Waals surface area contributed by atoms with Gasteiger partial charge >= 0.3 is 6.18 Å². The number of hydrogen-bond donors (Lipinski definition) is 1. The fraction of sp³-hybridized carbons (Fsp3) is 0.300. The number of alkyl halides is 5. The maximum Gasteiger partial charge on any atom is 0.416 e. The van der Waals surface area contributed by atoms with Crippen molar-refractivity contribution < 1.29 is 26.7 Å². The van der Waals surface area contributed by atoms with Crippen molar-refractivity contribution >= 4 is 17.5 Å². The minimum atomic E-state index is -4.66. The second-order valence-electron chi connectivity index (χ2n) is 3.33. The van der Waals surface area contributed by atoms with Gasteiger partial charge in [-0.2, -0.15) is 13.2 Å². The highest BCUT2D eigenvalue weighted by molar-refractivity contribution is 6.31. The van der Waals surface area contributed by atoms with Gasteiger partial charge < -0.3 is 5.32 Å². The molecule has 1 amide bonds. The predicted molar refractivity (Wildman–Crippen MR) is 54.8 cm³/mol. The van der Waals surface area contributed by atoms with Crippen LogP contribution < -0.4 is 5.32 Å². The molecule has 18 heavy (non-hydrogen) atoms. The number of amides is 1. The number of hydrogen-bond acceptors (Lipinski definition) is 1. The minimum Gasteiger partial charge on any atom is -0.346 e. The molecule has 0 saturated heterocycles. The van der Waals surface area contributed by atoms with Crippen LogP contribution in [-0.4, -0.2) is 18.9 Å². The highest BCUT2D eigenvalue weighted by Gasteiger charge is 2.31. The molecule has 0 radical (unpaired) electrons. The van der Waals surface area contributed by atoms with Gasteiger partial charge in [-0.1, -0.05) is 11.6 Å². The number of benzene rings is 1. The van der Waals surface area contributed by atoms with Gasteiger partial charge in [0.15, 0.2) is 0 Å². The summed E-state index contributed by atoms with van der Waals surface area (Å²) in [6, 6.07) is 2.16. The summed E-state index contributed by atoms with van der Waals surface area (Å²) in [5.74, 6) is -1.04. The summed E-state index contributed by atoms with van der Waals surface area (Å²) in [5, 5.41) is 1.49. The summed E-state index contributed by atoms with van der Waals surface area (Å²) in [6.07, 6.45) is -7.45. The summed E-state index contributed by atoms with van der Waals surface area (Å²) < 4.78 is 60.9. The molecule has 0 spiro atoms. The van der Waals surface area contributed by atoms with Crippen LogP contribution >= 0.6 is 11.6 Å². The Labute approximate surface area is 104 Å². The van der Waals surface area contributed by atoms with Crippen LogP contribution in [0.4, 0.5) is 22.0 Å². The Balaban J connectivity index is 2.96. The van der Waals surface area contributed by atoms with Crippen LogP contribution in [-0.2, 0) is 6.18 Å². The monoisotopic (exact) mass is 287 g/mol. The van der Waals surface area contributed by atoms with Crippen LogP contribution in [0.15, 0.2) is 18.2 Å². The second kappa shape index (κ2) is 5.51. The van der Waals surface area contributed by atoms with E-state index in [0.717, 1.165) is 6.07 Å². The van der Waals surface area contributed by atoms with E-state index in [1.807, 2.05) is 0 Å². The smallest absolute Gasteiger partial charge is 0.346 e. The van der Waals surface area contributed by atoms with E-state index in [-0.39, 0.29) is 5.02 Å². The van der Waals surface area contributed by atoms with E-state index < -0.39 is 36.2 Å². The Kier molecular flexibility index (Phi) is 4.50. The zero-order chi connectivity index (χ0) is 13.9. The Morgan fingerprint density at radius 1 is 1.28 bits per heavy atom. The van der Waals surface area contributed by atoms with Crippen molar-refractivity contribution in [3.05, 3.63) is 34.3 Å². The van der Waals surface area contributed by atoms with E-state index in [2.05, 4.69) is 0 Å². The van der Waals surface area contributed by atoms with E-state index >= 15 is 0 Å². The van der Waals surface area contributed by atoms with E-state index in [1.54, 1.807) is 5.32 Å². The molecule has 0 aliphatic rings. The molecule has 0 aliphatic heterocycles. The van der Waals surface area contributed by atoms with Crippen molar-refractivity contribution in [3.63, 3.8) is 0 Å². The normalized spacial score (nSPS) is 11.7. The lowest BCUT2D eigenvalue weighted by Gasteiger charge is -2.10. The minimum absolute atomic E-state index is 0.299. The zero-order valence-electron chi connectivity index (χ0n) is 8.69. The fourth-order valence-electron chi connectivity index (χ4n) is 1.16. The van der Waals surface area contributed by atoms with Gasteiger partial charge in [0, 0.05) is 10.6 Å². The molecular weight excluding hydrogens is 281 g/mol. The summed E-state index contributed by atoms with van der Waals surface area (Å²) in [4.78, 5) is 11.3. The van der Waals surface area contributed by atoms with Crippen molar-refractivity contribution in [1.29, 1.82) is 0 Å². The Hall–Kier alpha value is -1.37. The number of nitrogens with one attached hydrogen (secondary N) is 1. The molecular formula is C10H7ClF5NO. The molecule has 0 aromatic heterocycles. The van der Waals surface area contributed by atoms with Crippen LogP contribution in [0.3, 0.4) is 0 Å². The lowest BCUT2D eigenvalue weighted by atomic mass is 10.1. The summed E-state index contributed by atoms with van der Waals surface area (Å²) >= 11 is 5.43. The molecule has 0 bridgehead atoms. The molecule has 100 valence electrons. The molecule has 0 saturated carbocycles. The molecule has 0 aliphatic carbocycles. The van der Waals surface area contributed by atoms with Crippen LogP contribution in [0.1, 0.15) is 15.9 Å². The lowest BCUT2D eigenvalue weighted by Crippen LogP contribution is -2.28. The van der Waals surface area contributed by atoms with E-state index in [9.17, 15) is 26.7 Å². The SMILES string of the molecule is O=C(NCC(F)F)c1cc(Cl)cc(C(F)(F)F)c1. The van der Waals surface area contributed by atoms with Crippen LogP contribution in [0, 0.1) is 0 Å². The third kappa shape index (κ3) is 4.14. The zero-order valence-corrected chi connectivity index (χ0v) is 9.45. The summed E-state index contributed by atoms with van der Waals surface area (Å²) in [7, 11) is 0. The van der Waals surface area contributed by atoms with Gasteiger partial charge in [0.2, 0.25) is 0 Å². The molecule has 1 aromatic rings. The first kappa shape index (κ1) is 14.7. The van der Waals surface area contributed by atoms with E-state index in [1.165, 1.54) is 0 Å². The Bertz CT molecular complexity index is 446. The van der Waals surface area contributed by atoms with Crippen LogP contribution in [0.2, 0.25) is 5.02 Å². The average molecular weight is 288 g/mol. The number of halogens is 6. The van der Waals surface area contributed by atoms with Gasteiger partial charge in [-0.05, 0) is 18.2 Å². The van der Waals surface area contributed by atoms with Gasteiger partial charge in [0.1, 0.15) is 0 Å². The maximum atomic E-state index is 12.4. The van der Waals surface area contributed by atoms with Gasteiger partial charge in [-0.3, -0.25) is 4.79 Å². The molecule has 2 nitrogen and oxygen atoms in total.